The second-order valence-corrected chi connectivity index (χ2v) is 7.44. The Bertz CT molecular complexity index is 445. The molecule has 1 aliphatic carbocycles. The first-order valence-electron chi connectivity index (χ1n) is 8.13. The molecule has 1 unspecified atom stereocenters. The molecule has 1 aromatic rings. The lowest BCUT2D eigenvalue weighted by Gasteiger charge is -2.39. The Kier molecular flexibility index (Phi) is 5.26. The molecule has 1 aliphatic rings. The van der Waals surface area contributed by atoms with Crippen LogP contribution in [0, 0.1) is 23.1 Å². The maximum absolute atomic E-state index is 13.8. The molecular weight excluding hydrogens is 263 g/mol. The van der Waals surface area contributed by atoms with Crippen molar-refractivity contribution in [2.45, 2.75) is 52.5 Å². The van der Waals surface area contributed by atoms with Crippen LogP contribution in [0.3, 0.4) is 0 Å². The van der Waals surface area contributed by atoms with Crippen LogP contribution in [0.5, 0.6) is 0 Å². The third-order valence-electron chi connectivity index (χ3n) is 5.03. The number of nitrogens with two attached hydrogens (primary N) is 1. The second kappa shape index (κ2) is 6.78. The zero-order valence-electron chi connectivity index (χ0n) is 13.5. The number of benzene rings is 1. The van der Waals surface area contributed by atoms with Crippen LogP contribution in [0.2, 0.25) is 0 Å². The van der Waals surface area contributed by atoms with Crippen molar-refractivity contribution in [1.29, 1.82) is 0 Å². The minimum atomic E-state index is -0.195. The van der Waals surface area contributed by atoms with E-state index >= 15 is 0 Å². The molecule has 3 N–H and O–H groups in total. The van der Waals surface area contributed by atoms with Crippen LogP contribution in [0.1, 0.15) is 46.5 Å². The van der Waals surface area contributed by atoms with Gasteiger partial charge in [-0.25, -0.2) is 4.39 Å². The highest BCUT2D eigenvalue weighted by atomic mass is 19.1. The predicted molar refractivity (Wildman–Crippen MR) is 87.8 cm³/mol. The van der Waals surface area contributed by atoms with Crippen LogP contribution in [-0.4, -0.2) is 12.6 Å². The number of anilines is 1. The summed E-state index contributed by atoms with van der Waals surface area (Å²) in [5.41, 5.74) is 6.90. The molecule has 0 amide bonds. The minimum absolute atomic E-state index is 0.169. The van der Waals surface area contributed by atoms with Gasteiger partial charge in [-0.2, -0.15) is 0 Å². The summed E-state index contributed by atoms with van der Waals surface area (Å²) < 4.78 is 13.8. The molecule has 3 heteroatoms. The van der Waals surface area contributed by atoms with Gasteiger partial charge in [-0.15, -0.1) is 0 Å². The quantitative estimate of drug-likeness (QED) is 0.862. The van der Waals surface area contributed by atoms with Gasteiger partial charge in [-0.1, -0.05) is 32.9 Å². The summed E-state index contributed by atoms with van der Waals surface area (Å²) in [6.07, 6.45) is 4.88. The fourth-order valence-electron chi connectivity index (χ4n) is 3.53. The van der Waals surface area contributed by atoms with E-state index in [0.717, 1.165) is 5.92 Å². The Morgan fingerprint density at radius 3 is 2.33 bits per heavy atom. The normalized spacial score (nSPS) is 24.6. The van der Waals surface area contributed by atoms with Crippen molar-refractivity contribution in [2.24, 2.45) is 23.0 Å². The molecule has 21 heavy (non-hydrogen) atoms. The molecule has 0 aliphatic heterocycles. The van der Waals surface area contributed by atoms with Gasteiger partial charge in [-0.3, -0.25) is 0 Å². The third-order valence-corrected chi connectivity index (χ3v) is 5.03. The van der Waals surface area contributed by atoms with Gasteiger partial charge in [0.15, 0.2) is 0 Å². The van der Waals surface area contributed by atoms with Crippen molar-refractivity contribution < 1.29 is 4.39 Å². The number of hydrogen-bond acceptors (Lipinski definition) is 2. The molecule has 2 rings (SSSR count). The van der Waals surface area contributed by atoms with Crippen molar-refractivity contribution in [3.63, 3.8) is 0 Å². The highest BCUT2D eigenvalue weighted by Crippen LogP contribution is 2.41. The molecule has 0 spiro atoms. The van der Waals surface area contributed by atoms with Crippen molar-refractivity contribution in [3.05, 3.63) is 30.1 Å². The van der Waals surface area contributed by atoms with Gasteiger partial charge < -0.3 is 11.1 Å². The Labute approximate surface area is 128 Å². The SMILES string of the molecule is CC(C)(C)C1CCC(C(CN)Nc2ccccc2F)CC1. The van der Waals surface area contributed by atoms with Crippen LogP contribution in [-0.2, 0) is 0 Å². The van der Waals surface area contributed by atoms with E-state index in [0.29, 0.717) is 23.6 Å². The summed E-state index contributed by atoms with van der Waals surface area (Å²) in [6.45, 7) is 7.54. The zero-order valence-corrected chi connectivity index (χ0v) is 13.5. The van der Waals surface area contributed by atoms with Gasteiger partial charge in [0.1, 0.15) is 5.82 Å². The lowest BCUT2D eigenvalue weighted by molar-refractivity contribution is 0.143. The van der Waals surface area contributed by atoms with Gasteiger partial charge in [-0.05, 0) is 55.1 Å². The minimum Gasteiger partial charge on any atom is -0.378 e. The van der Waals surface area contributed by atoms with Gasteiger partial charge >= 0.3 is 0 Å². The van der Waals surface area contributed by atoms with Crippen molar-refractivity contribution >= 4 is 5.69 Å². The first-order valence-corrected chi connectivity index (χ1v) is 8.13. The lowest BCUT2D eigenvalue weighted by Crippen LogP contribution is -2.39. The van der Waals surface area contributed by atoms with Gasteiger partial charge in [0.2, 0.25) is 0 Å². The first-order chi connectivity index (χ1) is 9.91. The van der Waals surface area contributed by atoms with Crippen LogP contribution in [0.4, 0.5) is 10.1 Å². The Morgan fingerprint density at radius 1 is 1.19 bits per heavy atom. The fourth-order valence-corrected chi connectivity index (χ4v) is 3.53. The number of rotatable bonds is 4. The number of nitrogens with one attached hydrogen (secondary N) is 1. The average molecular weight is 292 g/mol. The maximum atomic E-state index is 13.8. The Morgan fingerprint density at radius 2 is 1.81 bits per heavy atom. The topological polar surface area (TPSA) is 38.0 Å². The fraction of sp³-hybridized carbons (Fsp3) is 0.667. The van der Waals surface area contributed by atoms with Crippen molar-refractivity contribution in [1.82, 2.24) is 0 Å². The molecule has 1 aromatic carbocycles. The zero-order chi connectivity index (χ0) is 15.5. The maximum Gasteiger partial charge on any atom is 0.146 e. The van der Waals surface area contributed by atoms with Gasteiger partial charge in [0, 0.05) is 12.6 Å². The smallest absolute Gasteiger partial charge is 0.146 e. The molecule has 0 bridgehead atoms. The van der Waals surface area contributed by atoms with E-state index in [4.69, 9.17) is 5.73 Å². The van der Waals surface area contributed by atoms with Crippen LogP contribution in [0.25, 0.3) is 0 Å². The molecule has 0 saturated heterocycles. The molecule has 1 atom stereocenters. The van der Waals surface area contributed by atoms with E-state index in [-0.39, 0.29) is 11.9 Å². The number of halogens is 1. The molecule has 0 aromatic heterocycles. The van der Waals surface area contributed by atoms with E-state index in [1.807, 2.05) is 6.07 Å². The summed E-state index contributed by atoms with van der Waals surface area (Å²) in [7, 11) is 0. The molecular formula is C18H29FN2. The largest absolute Gasteiger partial charge is 0.378 e. The van der Waals surface area contributed by atoms with Crippen LogP contribution in [0.15, 0.2) is 24.3 Å². The number of para-hydroxylation sites is 1. The summed E-state index contributed by atoms with van der Waals surface area (Å²) in [4.78, 5) is 0. The van der Waals surface area contributed by atoms with E-state index in [1.165, 1.54) is 31.7 Å². The summed E-state index contributed by atoms with van der Waals surface area (Å²) >= 11 is 0. The number of hydrogen-bond donors (Lipinski definition) is 2. The van der Waals surface area contributed by atoms with Crippen molar-refractivity contribution in [2.75, 3.05) is 11.9 Å². The third kappa shape index (κ3) is 4.19. The molecule has 118 valence electrons. The van der Waals surface area contributed by atoms with E-state index in [2.05, 4.69) is 26.1 Å². The lowest BCUT2D eigenvalue weighted by atomic mass is 9.68. The molecule has 2 nitrogen and oxygen atoms in total. The highest BCUT2D eigenvalue weighted by molar-refractivity contribution is 5.45. The van der Waals surface area contributed by atoms with Gasteiger partial charge in [0.05, 0.1) is 5.69 Å². The summed E-state index contributed by atoms with van der Waals surface area (Å²) in [6, 6.07) is 7.02. The molecule has 1 fully saturated rings. The monoisotopic (exact) mass is 292 g/mol. The van der Waals surface area contributed by atoms with E-state index < -0.39 is 0 Å². The Balaban J connectivity index is 1.96. The van der Waals surface area contributed by atoms with Crippen LogP contribution < -0.4 is 11.1 Å². The summed E-state index contributed by atoms with van der Waals surface area (Å²) in [5.74, 6) is 1.15. The highest BCUT2D eigenvalue weighted by Gasteiger charge is 2.32. The first kappa shape index (κ1) is 16.3. The molecule has 0 heterocycles. The average Bonchev–Trinajstić information content (AvgIpc) is 2.46. The predicted octanol–water partition coefficient (Wildman–Crippen LogP) is 4.42. The van der Waals surface area contributed by atoms with Crippen molar-refractivity contribution in [3.8, 4) is 0 Å². The second-order valence-electron chi connectivity index (χ2n) is 7.44. The van der Waals surface area contributed by atoms with Crippen LogP contribution >= 0.6 is 0 Å². The standard InChI is InChI=1S/C18H29FN2/c1-18(2,3)14-10-8-13(9-11-14)17(12-20)21-16-7-5-4-6-15(16)19/h4-7,13-14,17,21H,8-12,20H2,1-3H3. The Hall–Kier alpha value is -1.09. The summed E-state index contributed by atoms with van der Waals surface area (Å²) in [5, 5.41) is 3.32. The van der Waals surface area contributed by atoms with E-state index in [1.54, 1.807) is 12.1 Å². The van der Waals surface area contributed by atoms with E-state index in [9.17, 15) is 4.39 Å². The molecule has 0 radical (unpaired) electrons. The van der Waals surface area contributed by atoms with Gasteiger partial charge in [0.25, 0.3) is 0 Å². The molecule has 1 saturated carbocycles.